The normalized spacial score (nSPS) is 12.2. The molecule has 0 aliphatic heterocycles. The van der Waals surface area contributed by atoms with Gasteiger partial charge in [0.05, 0.1) is 5.69 Å². The Morgan fingerprint density at radius 3 is 2.72 bits per heavy atom. The van der Waals surface area contributed by atoms with Crippen LogP contribution in [0.3, 0.4) is 0 Å². The first-order valence-electron chi connectivity index (χ1n) is 5.92. The Balaban J connectivity index is 2.18. The molecular weight excluding hydrogens is 226 g/mol. The summed E-state index contributed by atoms with van der Waals surface area (Å²) < 4.78 is 1.81. The molecule has 5 nitrogen and oxygen atoms in total. The van der Waals surface area contributed by atoms with Gasteiger partial charge in [-0.05, 0) is 12.1 Å². The molecule has 0 fully saturated rings. The summed E-state index contributed by atoms with van der Waals surface area (Å²) in [6.07, 6.45) is 1.75. The van der Waals surface area contributed by atoms with Crippen LogP contribution in [0.4, 0.5) is 0 Å². The molecule has 0 atom stereocenters. The van der Waals surface area contributed by atoms with E-state index in [9.17, 15) is 0 Å². The van der Waals surface area contributed by atoms with E-state index in [0.717, 1.165) is 22.9 Å². The Morgan fingerprint density at radius 2 is 2.06 bits per heavy atom. The lowest BCUT2D eigenvalue weighted by Gasteiger charge is -2.13. The lowest BCUT2D eigenvalue weighted by molar-refractivity contribution is 0.563. The van der Waals surface area contributed by atoms with Crippen molar-refractivity contribution >= 4 is 5.65 Å². The van der Waals surface area contributed by atoms with Crippen molar-refractivity contribution in [2.75, 3.05) is 0 Å². The number of rotatable bonds is 1. The predicted molar refractivity (Wildman–Crippen MR) is 69.3 cm³/mol. The van der Waals surface area contributed by atoms with Gasteiger partial charge in [0, 0.05) is 17.7 Å². The second kappa shape index (κ2) is 3.66. The number of aromatic nitrogens is 5. The van der Waals surface area contributed by atoms with Crippen molar-refractivity contribution in [3.8, 4) is 11.5 Å². The van der Waals surface area contributed by atoms with Crippen LogP contribution in [0.5, 0.6) is 0 Å². The standard InChI is InChI=1S/C13H15N5/c1-13(2,3)10-8-11-15-16-12(18(11)17-10)9-6-4-5-7-14-9/h4-8,15H,1-3H3. The molecule has 0 radical (unpaired) electrons. The molecule has 0 spiro atoms. The van der Waals surface area contributed by atoms with Crippen LogP contribution in [0.2, 0.25) is 0 Å². The highest BCUT2D eigenvalue weighted by atomic mass is 15.4. The smallest absolute Gasteiger partial charge is 0.201 e. The first-order valence-corrected chi connectivity index (χ1v) is 5.92. The Bertz CT molecular complexity index is 672. The highest BCUT2D eigenvalue weighted by Gasteiger charge is 2.20. The zero-order valence-corrected chi connectivity index (χ0v) is 10.7. The fourth-order valence-electron chi connectivity index (χ4n) is 1.81. The third-order valence-corrected chi connectivity index (χ3v) is 2.85. The van der Waals surface area contributed by atoms with Crippen molar-refractivity contribution in [3.05, 3.63) is 36.2 Å². The van der Waals surface area contributed by atoms with E-state index in [2.05, 4.69) is 41.1 Å². The number of H-pyrrole nitrogens is 1. The van der Waals surface area contributed by atoms with Gasteiger partial charge in [-0.25, -0.2) is 0 Å². The third-order valence-electron chi connectivity index (χ3n) is 2.85. The molecule has 5 heteroatoms. The van der Waals surface area contributed by atoms with Crippen LogP contribution in [0, 0.1) is 0 Å². The fraction of sp³-hybridized carbons (Fsp3) is 0.308. The van der Waals surface area contributed by atoms with Crippen LogP contribution in [0.1, 0.15) is 26.5 Å². The number of hydrogen-bond donors (Lipinski definition) is 1. The molecule has 0 aliphatic carbocycles. The second-order valence-corrected chi connectivity index (χ2v) is 5.34. The molecule has 0 saturated carbocycles. The van der Waals surface area contributed by atoms with E-state index < -0.39 is 0 Å². The molecule has 0 aliphatic rings. The van der Waals surface area contributed by atoms with Crippen molar-refractivity contribution in [1.82, 2.24) is 24.8 Å². The van der Waals surface area contributed by atoms with Gasteiger partial charge < -0.3 is 0 Å². The molecule has 3 aromatic heterocycles. The summed E-state index contributed by atoms with van der Waals surface area (Å²) in [5.41, 5.74) is 2.76. The van der Waals surface area contributed by atoms with Gasteiger partial charge in [0.2, 0.25) is 5.82 Å². The number of fused-ring (bicyclic) bond motifs is 1. The number of pyridine rings is 1. The number of aromatic amines is 1. The highest BCUT2D eigenvalue weighted by Crippen LogP contribution is 2.23. The molecule has 3 rings (SSSR count). The van der Waals surface area contributed by atoms with E-state index >= 15 is 0 Å². The Kier molecular flexibility index (Phi) is 2.23. The Morgan fingerprint density at radius 1 is 1.22 bits per heavy atom. The molecule has 18 heavy (non-hydrogen) atoms. The summed E-state index contributed by atoms with van der Waals surface area (Å²) in [7, 11) is 0. The summed E-state index contributed by atoms with van der Waals surface area (Å²) in [6.45, 7) is 6.42. The second-order valence-electron chi connectivity index (χ2n) is 5.34. The van der Waals surface area contributed by atoms with Crippen LogP contribution < -0.4 is 0 Å². The first kappa shape index (κ1) is 11.0. The maximum absolute atomic E-state index is 4.60. The van der Waals surface area contributed by atoms with E-state index in [4.69, 9.17) is 0 Å². The summed E-state index contributed by atoms with van der Waals surface area (Å²) in [5, 5.41) is 11.9. The predicted octanol–water partition coefficient (Wildman–Crippen LogP) is 2.42. The minimum Gasteiger partial charge on any atom is -0.259 e. The van der Waals surface area contributed by atoms with Crippen molar-refractivity contribution < 1.29 is 0 Å². The summed E-state index contributed by atoms with van der Waals surface area (Å²) in [5.74, 6) is 0.737. The molecular formula is C13H15N5. The molecule has 0 aromatic carbocycles. The van der Waals surface area contributed by atoms with Gasteiger partial charge in [0.25, 0.3) is 0 Å². The molecule has 0 bridgehead atoms. The van der Waals surface area contributed by atoms with Crippen molar-refractivity contribution in [2.24, 2.45) is 0 Å². The van der Waals surface area contributed by atoms with Crippen LogP contribution in [-0.4, -0.2) is 24.8 Å². The van der Waals surface area contributed by atoms with E-state index in [1.807, 2.05) is 28.8 Å². The van der Waals surface area contributed by atoms with Gasteiger partial charge in [-0.1, -0.05) is 26.8 Å². The molecule has 0 amide bonds. The Hall–Kier alpha value is -2.17. The van der Waals surface area contributed by atoms with Crippen LogP contribution in [-0.2, 0) is 5.41 Å². The van der Waals surface area contributed by atoms with Gasteiger partial charge in [-0.15, -0.1) is 0 Å². The van der Waals surface area contributed by atoms with Crippen molar-refractivity contribution in [2.45, 2.75) is 26.2 Å². The Labute approximate surface area is 105 Å². The lowest BCUT2D eigenvalue weighted by Crippen LogP contribution is -2.12. The largest absolute Gasteiger partial charge is 0.259 e. The van der Waals surface area contributed by atoms with Crippen LogP contribution in [0.15, 0.2) is 30.5 Å². The lowest BCUT2D eigenvalue weighted by atomic mass is 9.93. The SMILES string of the molecule is CC(C)(C)c1cc2[nH]nc(-c3ccccn3)n2n1. The number of nitrogens with zero attached hydrogens (tertiary/aromatic N) is 4. The zero-order valence-electron chi connectivity index (χ0n) is 10.7. The molecule has 0 unspecified atom stereocenters. The maximum atomic E-state index is 4.60. The third kappa shape index (κ3) is 1.68. The molecule has 92 valence electrons. The van der Waals surface area contributed by atoms with Crippen LogP contribution >= 0.6 is 0 Å². The van der Waals surface area contributed by atoms with E-state index in [1.165, 1.54) is 0 Å². The monoisotopic (exact) mass is 241 g/mol. The van der Waals surface area contributed by atoms with Gasteiger partial charge in [0.15, 0.2) is 5.65 Å². The minimum atomic E-state index is 0.0221. The molecule has 0 saturated heterocycles. The molecule has 3 heterocycles. The van der Waals surface area contributed by atoms with Gasteiger partial charge in [-0.3, -0.25) is 10.1 Å². The number of nitrogens with one attached hydrogen (secondary N) is 1. The summed E-state index contributed by atoms with van der Waals surface area (Å²) >= 11 is 0. The van der Waals surface area contributed by atoms with E-state index in [1.54, 1.807) is 6.20 Å². The maximum Gasteiger partial charge on any atom is 0.201 e. The fourth-order valence-corrected chi connectivity index (χ4v) is 1.81. The average molecular weight is 241 g/mol. The number of hydrogen-bond acceptors (Lipinski definition) is 3. The minimum absolute atomic E-state index is 0.0221. The topological polar surface area (TPSA) is 58.9 Å². The van der Waals surface area contributed by atoms with Crippen molar-refractivity contribution in [1.29, 1.82) is 0 Å². The quantitative estimate of drug-likeness (QED) is 0.711. The van der Waals surface area contributed by atoms with Crippen LogP contribution in [0.25, 0.3) is 17.2 Å². The van der Waals surface area contributed by atoms with Gasteiger partial charge in [-0.2, -0.15) is 14.7 Å². The van der Waals surface area contributed by atoms with E-state index in [0.29, 0.717) is 0 Å². The summed E-state index contributed by atoms with van der Waals surface area (Å²) in [6, 6.07) is 7.78. The van der Waals surface area contributed by atoms with Crippen molar-refractivity contribution in [3.63, 3.8) is 0 Å². The van der Waals surface area contributed by atoms with Gasteiger partial charge in [0.1, 0.15) is 5.69 Å². The molecule has 3 aromatic rings. The van der Waals surface area contributed by atoms with Gasteiger partial charge >= 0.3 is 0 Å². The highest BCUT2D eigenvalue weighted by molar-refractivity contribution is 5.55. The first-order chi connectivity index (χ1) is 8.55. The molecule has 1 N–H and O–H groups in total. The summed E-state index contributed by atoms with van der Waals surface area (Å²) in [4.78, 5) is 4.30. The zero-order chi connectivity index (χ0) is 12.8. The van der Waals surface area contributed by atoms with E-state index in [-0.39, 0.29) is 5.41 Å². The average Bonchev–Trinajstić information content (AvgIpc) is 2.88.